The molecule has 2 nitrogen and oxygen atoms in total. The zero-order valence-corrected chi connectivity index (χ0v) is 12.2. The quantitative estimate of drug-likeness (QED) is 0.906. The minimum atomic E-state index is -0.187. The Hall–Kier alpha value is -1.09. The van der Waals surface area contributed by atoms with Crippen LogP contribution in [0.4, 0.5) is 10.1 Å². The maximum Gasteiger partial charge on any atom is 0.125 e. The van der Waals surface area contributed by atoms with Crippen LogP contribution in [0.5, 0.6) is 0 Å². The van der Waals surface area contributed by atoms with Crippen molar-refractivity contribution in [2.75, 3.05) is 18.5 Å². The molecule has 0 heterocycles. The molecule has 2 atom stereocenters. The molecule has 1 aliphatic rings. The number of nitrogens with zero attached hydrogens (tertiary/aromatic N) is 1. The second kappa shape index (κ2) is 5.49. The van der Waals surface area contributed by atoms with Crippen LogP contribution < -0.4 is 10.6 Å². The molecule has 1 fully saturated rings. The van der Waals surface area contributed by atoms with Gasteiger partial charge >= 0.3 is 0 Å². The van der Waals surface area contributed by atoms with Crippen LogP contribution in [0.25, 0.3) is 0 Å². The van der Waals surface area contributed by atoms with Crippen LogP contribution in [0.2, 0.25) is 0 Å². The summed E-state index contributed by atoms with van der Waals surface area (Å²) >= 11 is 0. The zero-order valence-electron chi connectivity index (χ0n) is 12.2. The van der Waals surface area contributed by atoms with Crippen molar-refractivity contribution in [1.82, 2.24) is 0 Å². The number of likely N-dealkylation sites (N-methyl/N-ethyl adjacent to an activating group) is 1. The zero-order chi connectivity index (χ0) is 14.0. The van der Waals surface area contributed by atoms with Gasteiger partial charge in [-0.2, -0.15) is 0 Å². The molecule has 3 heteroatoms. The summed E-state index contributed by atoms with van der Waals surface area (Å²) in [6.45, 7) is 5.20. The third kappa shape index (κ3) is 2.92. The van der Waals surface area contributed by atoms with E-state index in [4.69, 9.17) is 5.73 Å². The van der Waals surface area contributed by atoms with E-state index in [0.29, 0.717) is 18.4 Å². The van der Waals surface area contributed by atoms with E-state index in [0.717, 1.165) is 18.5 Å². The van der Waals surface area contributed by atoms with Crippen molar-refractivity contribution in [2.45, 2.75) is 38.6 Å². The van der Waals surface area contributed by atoms with E-state index >= 15 is 0 Å². The first-order valence-electron chi connectivity index (χ1n) is 7.16. The molecule has 106 valence electrons. The van der Waals surface area contributed by atoms with E-state index < -0.39 is 0 Å². The molecule has 19 heavy (non-hydrogen) atoms. The van der Waals surface area contributed by atoms with Crippen LogP contribution in [0.3, 0.4) is 0 Å². The van der Waals surface area contributed by atoms with Crippen LogP contribution in [-0.2, 0) is 0 Å². The van der Waals surface area contributed by atoms with Gasteiger partial charge in [0.1, 0.15) is 5.82 Å². The summed E-state index contributed by atoms with van der Waals surface area (Å²) in [6, 6.07) is 6.81. The standard InChI is InChI=1S/C16H25FN2/c1-12-7-13(2)10-16(9-12,11-18)19(3)15-6-4-5-14(17)8-15/h4-6,8,12-13H,7,9-11,18H2,1-3H3. The van der Waals surface area contributed by atoms with Gasteiger partial charge in [0, 0.05) is 19.3 Å². The fourth-order valence-corrected chi connectivity index (χ4v) is 3.77. The van der Waals surface area contributed by atoms with Crippen molar-refractivity contribution in [3.8, 4) is 0 Å². The summed E-state index contributed by atoms with van der Waals surface area (Å²) in [5, 5.41) is 0. The Labute approximate surface area is 115 Å². The number of halogens is 1. The van der Waals surface area contributed by atoms with Crippen LogP contribution in [0.15, 0.2) is 24.3 Å². The molecule has 0 amide bonds. The fourth-order valence-electron chi connectivity index (χ4n) is 3.77. The maximum atomic E-state index is 13.4. The second-order valence-electron chi connectivity index (χ2n) is 6.32. The van der Waals surface area contributed by atoms with Crippen LogP contribution >= 0.6 is 0 Å². The molecule has 2 N–H and O–H groups in total. The lowest BCUT2D eigenvalue weighted by Gasteiger charge is -2.49. The molecule has 1 aromatic rings. The summed E-state index contributed by atoms with van der Waals surface area (Å²) in [7, 11) is 2.05. The molecule has 0 bridgehead atoms. The topological polar surface area (TPSA) is 29.3 Å². The number of hydrogen-bond acceptors (Lipinski definition) is 2. The van der Waals surface area contributed by atoms with Crippen molar-refractivity contribution in [3.63, 3.8) is 0 Å². The average Bonchev–Trinajstić information content (AvgIpc) is 2.36. The van der Waals surface area contributed by atoms with E-state index in [1.165, 1.54) is 12.5 Å². The lowest BCUT2D eigenvalue weighted by Crippen LogP contribution is -2.56. The molecular weight excluding hydrogens is 239 g/mol. The van der Waals surface area contributed by atoms with E-state index in [1.54, 1.807) is 12.1 Å². The smallest absolute Gasteiger partial charge is 0.125 e. The first-order valence-corrected chi connectivity index (χ1v) is 7.16. The minimum absolute atomic E-state index is 0.0368. The number of hydrogen-bond donors (Lipinski definition) is 1. The predicted octanol–water partition coefficient (Wildman–Crippen LogP) is 3.42. The number of nitrogens with two attached hydrogens (primary N) is 1. The Balaban J connectivity index is 2.30. The van der Waals surface area contributed by atoms with Crippen molar-refractivity contribution >= 4 is 5.69 Å². The van der Waals surface area contributed by atoms with Crippen molar-refractivity contribution in [3.05, 3.63) is 30.1 Å². The maximum absolute atomic E-state index is 13.4. The Morgan fingerprint density at radius 3 is 2.47 bits per heavy atom. The third-order valence-electron chi connectivity index (χ3n) is 4.55. The Morgan fingerprint density at radius 1 is 1.32 bits per heavy atom. The molecule has 2 rings (SSSR count). The van der Waals surface area contributed by atoms with Gasteiger partial charge in [0.05, 0.1) is 5.54 Å². The van der Waals surface area contributed by atoms with E-state index in [2.05, 4.69) is 18.7 Å². The largest absolute Gasteiger partial charge is 0.368 e. The van der Waals surface area contributed by atoms with Crippen LogP contribution in [0.1, 0.15) is 33.1 Å². The van der Waals surface area contributed by atoms with Gasteiger partial charge in [-0.15, -0.1) is 0 Å². The van der Waals surface area contributed by atoms with Crippen LogP contribution in [0, 0.1) is 17.7 Å². The summed E-state index contributed by atoms with van der Waals surface area (Å²) < 4.78 is 13.4. The summed E-state index contributed by atoms with van der Waals surface area (Å²) in [6.07, 6.45) is 3.43. The SMILES string of the molecule is CC1CC(C)CC(CN)(N(C)c2cccc(F)c2)C1. The molecule has 1 saturated carbocycles. The average molecular weight is 264 g/mol. The highest BCUT2D eigenvalue weighted by molar-refractivity contribution is 5.49. The first kappa shape index (κ1) is 14.3. The molecule has 0 radical (unpaired) electrons. The number of anilines is 1. The molecule has 1 aliphatic carbocycles. The Morgan fingerprint density at radius 2 is 1.95 bits per heavy atom. The van der Waals surface area contributed by atoms with Gasteiger partial charge < -0.3 is 10.6 Å². The van der Waals surface area contributed by atoms with Crippen LogP contribution in [-0.4, -0.2) is 19.1 Å². The van der Waals surface area contributed by atoms with Gasteiger partial charge in [0.15, 0.2) is 0 Å². The van der Waals surface area contributed by atoms with Gasteiger partial charge in [-0.25, -0.2) is 4.39 Å². The molecule has 0 aromatic heterocycles. The lowest BCUT2D eigenvalue weighted by atomic mass is 9.70. The van der Waals surface area contributed by atoms with Crippen molar-refractivity contribution in [1.29, 1.82) is 0 Å². The molecule has 0 saturated heterocycles. The fraction of sp³-hybridized carbons (Fsp3) is 0.625. The number of rotatable bonds is 3. The summed E-state index contributed by atoms with van der Waals surface area (Å²) in [5.74, 6) is 1.15. The first-order chi connectivity index (χ1) is 8.97. The normalized spacial score (nSPS) is 31.2. The lowest BCUT2D eigenvalue weighted by molar-refractivity contribution is 0.182. The van der Waals surface area contributed by atoms with E-state index in [9.17, 15) is 4.39 Å². The molecule has 2 unspecified atom stereocenters. The number of benzene rings is 1. The highest BCUT2D eigenvalue weighted by Gasteiger charge is 2.40. The summed E-state index contributed by atoms with van der Waals surface area (Å²) in [5.41, 5.74) is 6.99. The minimum Gasteiger partial charge on any atom is -0.368 e. The van der Waals surface area contributed by atoms with Gasteiger partial charge in [0.2, 0.25) is 0 Å². The second-order valence-corrected chi connectivity index (χ2v) is 6.32. The molecular formula is C16H25FN2. The van der Waals surface area contributed by atoms with Gasteiger partial charge in [-0.3, -0.25) is 0 Å². The van der Waals surface area contributed by atoms with E-state index in [1.807, 2.05) is 13.1 Å². The summed E-state index contributed by atoms with van der Waals surface area (Å²) in [4.78, 5) is 2.20. The Kier molecular flexibility index (Phi) is 4.14. The predicted molar refractivity (Wildman–Crippen MR) is 78.8 cm³/mol. The monoisotopic (exact) mass is 264 g/mol. The third-order valence-corrected chi connectivity index (χ3v) is 4.55. The van der Waals surface area contributed by atoms with E-state index in [-0.39, 0.29) is 11.4 Å². The Bertz CT molecular complexity index is 423. The molecule has 0 aliphatic heterocycles. The van der Waals surface area contributed by atoms with Gasteiger partial charge in [0.25, 0.3) is 0 Å². The molecule has 1 aromatic carbocycles. The van der Waals surface area contributed by atoms with Gasteiger partial charge in [-0.1, -0.05) is 19.9 Å². The molecule has 0 spiro atoms. The highest BCUT2D eigenvalue weighted by Crippen LogP contribution is 2.40. The van der Waals surface area contributed by atoms with Crippen molar-refractivity contribution < 1.29 is 4.39 Å². The van der Waals surface area contributed by atoms with Crippen molar-refractivity contribution in [2.24, 2.45) is 17.6 Å². The van der Waals surface area contributed by atoms with Gasteiger partial charge in [-0.05, 0) is 49.3 Å². The highest BCUT2D eigenvalue weighted by atomic mass is 19.1.